The van der Waals surface area contributed by atoms with Gasteiger partial charge in [-0.15, -0.1) is 0 Å². The maximum atomic E-state index is 12.9. The van der Waals surface area contributed by atoms with E-state index in [2.05, 4.69) is 22.5 Å². The zero-order chi connectivity index (χ0) is 23.0. The Morgan fingerprint density at radius 3 is 2.21 bits per heavy atom. The molecular formula is C28H31N3O2. The third-order valence-electron chi connectivity index (χ3n) is 6.21. The lowest BCUT2D eigenvalue weighted by Crippen LogP contribution is -2.32. The van der Waals surface area contributed by atoms with Gasteiger partial charge >= 0.3 is 0 Å². The van der Waals surface area contributed by atoms with E-state index < -0.39 is 0 Å². The van der Waals surface area contributed by atoms with Crippen LogP contribution in [0.3, 0.4) is 0 Å². The molecule has 1 fully saturated rings. The SMILES string of the molecule is CC1CCN(Cc2ccc(C(=O)Nc3ccccc3C(=O)NCc3ccccc3)cc2)CC1. The van der Waals surface area contributed by atoms with Crippen molar-refractivity contribution in [1.29, 1.82) is 0 Å². The molecule has 0 bridgehead atoms. The minimum Gasteiger partial charge on any atom is -0.348 e. The minimum atomic E-state index is -0.225. The predicted octanol–water partition coefficient (Wildman–Crippen LogP) is 5.10. The summed E-state index contributed by atoms with van der Waals surface area (Å²) in [6.07, 6.45) is 2.50. The first-order valence-corrected chi connectivity index (χ1v) is 11.6. The smallest absolute Gasteiger partial charge is 0.255 e. The highest BCUT2D eigenvalue weighted by atomic mass is 16.2. The minimum absolute atomic E-state index is 0.221. The van der Waals surface area contributed by atoms with Crippen molar-refractivity contribution in [3.8, 4) is 0 Å². The van der Waals surface area contributed by atoms with E-state index >= 15 is 0 Å². The van der Waals surface area contributed by atoms with Crippen LogP contribution in [0.2, 0.25) is 0 Å². The molecule has 1 saturated heterocycles. The zero-order valence-corrected chi connectivity index (χ0v) is 19.1. The Kier molecular flexibility index (Phi) is 7.53. The second kappa shape index (κ2) is 10.9. The van der Waals surface area contributed by atoms with Crippen LogP contribution < -0.4 is 10.6 Å². The largest absolute Gasteiger partial charge is 0.348 e. The van der Waals surface area contributed by atoms with Crippen LogP contribution in [0.5, 0.6) is 0 Å². The summed E-state index contributed by atoms with van der Waals surface area (Å²) in [5.41, 5.74) is 3.75. The number of amides is 2. The van der Waals surface area contributed by atoms with E-state index in [1.165, 1.54) is 18.4 Å². The molecule has 4 rings (SSSR count). The lowest BCUT2D eigenvalue weighted by molar-refractivity contribution is 0.0952. The molecule has 1 heterocycles. The average molecular weight is 442 g/mol. The zero-order valence-electron chi connectivity index (χ0n) is 19.1. The van der Waals surface area contributed by atoms with Crippen molar-refractivity contribution in [2.45, 2.75) is 32.9 Å². The van der Waals surface area contributed by atoms with Gasteiger partial charge in [-0.1, -0.05) is 61.5 Å². The van der Waals surface area contributed by atoms with Crippen molar-refractivity contribution in [2.75, 3.05) is 18.4 Å². The lowest BCUT2D eigenvalue weighted by Gasteiger charge is -2.30. The number of anilines is 1. The third-order valence-corrected chi connectivity index (χ3v) is 6.21. The Bertz CT molecular complexity index is 1070. The molecule has 33 heavy (non-hydrogen) atoms. The topological polar surface area (TPSA) is 61.4 Å². The molecule has 0 unspecified atom stereocenters. The van der Waals surface area contributed by atoms with E-state index in [-0.39, 0.29) is 11.8 Å². The highest BCUT2D eigenvalue weighted by Gasteiger charge is 2.17. The molecule has 0 aliphatic carbocycles. The molecule has 5 nitrogen and oxygen atoms in total. The standard InChI is InChI=1S/C28H31N3O2/c1-21-15-17-31(18-16-21)20-23-11-13-24(14-12-23)27(32)30-26-10-6-5-9-25(26)28(33)29-19-22-7-3-2-4-8-22/h2-14,21H,15-20H2,1H3,(H,29,33)(H,30,32). The second-order valence-electron chi connectivity index (χ2n) is 8.82. The number of nitrogens with zero attached hydrogens (tertiary/aromatic N) is 1. The fraction of sp³-hybridized carbons (Fsp3) is 0.286. The number of likely N-dealkylation sites (tertiary alicyclic amines) is 1. The number of rotatable bonds is 7. The van der Waals surface area contributed by atoms with Gasteiger partial charge in [0.1, 0.15) is 0 Å². The van der Waals surface area contributed by atoms with Gasteiger partial charge < -0.3 is 10.6 Å². The number of hydrogen-bond donors (Lipinski definition) is 2. The molecule has 2 N–H and O–H groups in total. The number of carbonyl (C=O) groups excluding carboxylic acids is 2. The van der Waals surface area contributed by atoms with Crippen molar-refractivity contribution in [3.05, 3.63) is 101 Å². The van der Waals surface area contributed by atoms with E-state index in [1.807, 2.05) is 60.7 Å². The van der Waals surface area contributed by atoms with Crippen molar-refractivity contribution in [1.82, 2.24) is 10.2 Å². The first-order valence-electron chi connectivity index (χ1n) is 11.6. The van der Waals surface area contributed by atoms with Crippen LogP contribution >= 0.6 is 0 Å². The van der Waals surface area contributed by atoms with E-state index in [0.717, 1.165) is 31.1 Å². The molecule has 0 radical (unpaired) electrons. The number of carbonyl (C=O) groups is 2. The Balaban J connectivity index is 1.36. The summed E-state index contributed by atoms with van der Waals surface area (Å²) >= 11 is 0. The normalized spacial score (nSPS) is 14.6. The van der Waals surface area contributed by atoms with Gasteiger partial charge in [-0.2, -0.15) is 0 Å². The van der Waals surface area contributed by atoms with Gasteiger partial charge in [0.15, 0.2) is 0 Å². The predicted molar refractivity (Wildman–Crippen MR) is 132 cm³/mol. The summed E-state index contributed by atoms with van der Waals surface area (Å²) in [5, 5.41) is 5.82. The number of para-hydroxylation sites is 1. The van der Waals surface area contributed by atoms with Gasteiger partial charge in [0.2, 0.25) is 0 Å². The summed E-state index contributed by atoms with van der Waals surface area (Å²) in [4.78, 5) is 28.1. The Morgan fingerprint density at radius 1 is 0.818 bits per heavy atom. The van der Waals surface area contributed by atoms with Crippen molar-refractivity contribution >= 4 is 17.5 Å². The van der Waals surface area contributed by atoms with Crippen LogP contribution in [-0.2, 0) is 13.1 Å². The average Bonchev–Trinajstić information content (AvgIpc) is 2.85. The van der Waals surface area contributed by atoms with E-state index in [0.29, 0.717) is 23.4 Å². The van der Waals surface area contributed by atoms with E-state index in [9.17, 15) is 9.59 Å². The van der Waals surface area contributed by atoms with Crippen LogP contribution in [-0.4, -0.2) is 29.8 Å². The number of benzene rings is 3. The molecule has 0 spiro atoms. The highest BCUT2D eigenvalue weighted by molar-refractivity contribution is 6.09. The fourth-order valence-electron chi connectivity index (χ4n) is 4.10. The van der Waals surface area contributed by atoms with Gasteiger partial charge in [-0.25, -0.2) is 0 Å². The van der Waals surface area contributed by atoms with Gasteiger partial charge in [0.05, 0.1) is 11.3 Å². The Labute approximate surface area is 195 Å². The highest BCUT2D eigenvalue weighted by Crippen LogP contribution is 2.19. The Morgan fingerprint density at radius 2 is 1.48 bits per heavy atom. The molecular weight excluding hydrogens is 410 g/mol. The fourth-order valence-corrected chi connectivity index (χ4v) is 4.10. The number of piperidine rings is 1. The van der Waals surface area contributed by atoms with Crippen molar-refractivity contribution in [3.63, 3.8) is 0 Å². The summed E-state index contributed by atoms with van der Waals surface area (Å²) < 4.78 is 0. The lowest BCUT2D eigenvalue weighted by atomic mass is 9.99. The first kappa shape index (κ1) is 22.7. The van der Waals surface area contributed by atoms with Crippen LogP contribution in [0.1, 0.15) is 51.6 Å². The quantitative estimate of drug-likeness (QED) is 0.536. The molecule has 0 aromatic heterocycles. The summed E-state index contributed by atoms with van der Waals surface area (Å²) in [6.45, 7) is 5.92. The maximum Gasteiger partial charge on any atom is 0.255 e. The molecule has 0 atom stereocenters. The number of nitrogens with one attached hydrogen (secondary N) is 2. The summed E-state index contributed by atoms with van der Waals surface area (Å²) in [5.74, 6) is 0.369. The molecule has 0 saturated carbocycles. The van der Waals surface area contributed by atoms with Crippen molar-refractivity contribution < 1.29 is 9.59 Å². The van der Waals surface area contributed by atoms with Crippen LogP contribution in [0.4, 0.5) is 5.69 Å². The van der Waals surface area contributed by atoms with Gasteiger partial charge in [-0.3, -0.25) is 14.5 Å². The van der Waals surface area contributed by atoms with Gasteiger partial charge in [0, 0.05) is 18.7 Å². The molecule has 1 aliphatic heterocycles. The molecule has 1 aliphatic rings. The molecule has 3 aromatic carbocycles. The van der Waals surface area contributed by atoms with Crippen molar-refractivity contribution in [2.24, 2.45) is 5.92 Å². The monoisotopic (exact) mass is 441 g/mol. The molecule has 5 heteroatoms. The first-order chi connectivity index (χ1) is 16.1. The van der Waals surface area contributed by atoms with Gasteiger partial charge in [-0.05, 0) is 67.2 Å². The molecule has 170 valence electrons. The number of hydrogen-bond acceptors (Lipinski definition) is 3. The van der Waals surface area contributed by atoms with E-state index in [4.69, 9.17) is 0 Å². The van der Waals surface area contributed by atoms with Gasteiger partial charge in [0.25, 0.3) is 11.8 Å². The van der Waals surface area contributed by atoms with E-state index in [1.54, 1.807) is 18.2 Å². The molecule has 2 amide bonds. The van der Waals surface area contributed by atoms with Crippen LogP contribution in [0, 0.1) is 5.92 Å². The third kappa shape index (κ3) is 6.30. The summed E-state index contributed by atoms with van der Waals surface area (Å²) in [6, 6.07) is 24.6. The van der Waals surface area contributed by atoms with Crippen LogP contribution in [0.15, 0.2) is 78.9 Å². The second-order valence-corrected chi connectivity index (χ2v) is 8.82. The summed E-state index contributed by atoms with van der Waals surface area (Å²) in [7, 11) is 0. The van der Waals surface area contributed by atoms with Crippen LogP contribution in [0.25, 0.3) is 0 Å². The molecule has 3 aromatic rings. The Hall–Kier alpha value is -3.44. The maximum absolute atomic E-state index is 12.9.